The highest BCUT2D eigenvalue weighted by Gasteiger charge is 2.45. The van der Waals surface area contributed by atoms with E-state index in [-0.39, 0.29) is 0 Å². The summed E-state index contributed by atoms with van der Waals surface area (Å²) in [4.78, 5) is 0. The van der Waals surface area contributed by atoms with Gasteiger partial charge in [-0.2, -0.15) is 13.2 Å². The first kappa shape index (κ1) is 11.0. The predicted octanol–water partition coefficient (Wildman–Crippen LogP) is 1.10. The molecule has 0 amide bonds. The molecular formula is C4H8F3O2SSi. The maximum Gasteiger partial charge on any atom is 0.490 e. The standard InChI is InChI=1S/C4H8F3O2SSi/c1-3(2)11-10(8,9)4(5,6)7/h3,11H,1-2H3. The van der Waals surface area contributed by atoms with Crippen LogP contribution in [0.4, 0.5) is 13.2 Å². The minimum atomic E-state index is -5.06. The van der Waals surface area contributed by atoms with Gasteiger partial charge < -0.3 is 0 Å². The van der Waals surface area contributed by atoms with Crippen LogP contribution in [0.1, 0.15) is 13.8 Å². The van der Waals surface area contributed by atoms with Crippen LogP contribution in [0, 0.1) is 0 Å². The van der Waals surface area contributed by atoms with Crippen LogP contribution < -0.4 is 0 Å². The van der Waals surface area contributed by atoms with Crippen molar-refractivity contribution in [3.63, 3.8) is 0 Å². The molecular weight excluding hydrogens is 197 g/mol. The maximum absolute atomic E-state index is 11.6. The van der Waals surface area contributed by atoms with Gasteiger partial charge in [0.2, 0.25) is 18.0 Å². The Morgan fingerprint density at radius 2 is 1.64 bits per heavy atom. The molecule has 0 aromatic carbocycles. The molecule has 0 saturated carbocycles. The van der Waals surface area contributed by atoms with Gasteiger partial charge in [-0.05, 0) is 5.54 Å². The van der Waals surface area contributed by atoms with Gasteiger partial charge in [0.1, 0.15) is 0 Å². The molecule has 0 N–H and O–H groups in total. The predicted molar refractivity (Wildman–Crippen MR) is 37.2 cm³/mol. The molecule has 67 valence electrons. The summed E-state index contributed by atoms with van der Waals surface area (Å²) in [6, 6.07) is 0. The van der Waals surface area contributed by atoms with E-state index in [1.54, 1.807) is 0 Å². The fourth-order valence-electron chi connectivity index (χ4n) is 0.435. The third-order valence-electron chi connectivity index (χ3n) is 0.774. The zero-order chi connectivity index (χ0) is 9.28. The molecule has 7 heteroatoms. The number of hydrogen-bond donors (Lipinski definition) is 0. The summed E-state index contributed by atoms with van der Waals surface area (Å²) in [6.07, 6.45) is 0. The van der Waals surface area contributed by atoms with Crippen molar-refractivity contribution in [2.75, 3.05) is 0 Å². The monoisotopic (exact) mass is 205 g/mol. The molecule has 1 radical (unpaired) electrons. The van der Waals surface area contributed by atoms with E-state index < -0.39 is 29.0 Å². The van der Waals surface area contributed by atoms with Crippen LogP contribution in [0.15, 0.2) is 0 Å². The van der Waals surface area contributed by atoms with Gasteiger partial charge in [-0.1, -0.05) is 13.8 Å². The lowest BCUT2D eigenvalue weighted by molar-refractivity contribution is -0.0414. The van der Waals surface area contributed by atoms with Crippen molar-refractivity contribution in [1.29, 1.82) is 0 Å². The largest absolute Gasteiger partial charge is 0.490 e. The van der Waals surface area contributed by atoms with Crippen molar-refractivity contribution in [3.8, 4) is 0 Å². The van der Waals surface area contributed by atoms with Crippen molar-refractivity contribution < 1.29 is 21.6 Å². The molecule has 0 bridgehead atoms. The van der Waals surface area contributed by atoms with Crippen molar-refractivity contribution in [2.24, 2.45) is 0 Å². The van der Waals surface area contributed by atoms with Gasteiger partial charge in [0.15, 0.2) is 0 Å². The van der Waals surface area contributed by atoms with E-state index in [2.05, 4.69) is 0 Å². The first-order chi connectivity index (χ1) is 4.67. The Labute approximate surface area is 65.2 Å². The van der Waals surface area contributed by atoms with Gasteiger partial charge in [-0.3, -0.25) is 0 Å². The van der Waals surface area contributed by atoms with Crippen molar-refractivity contribution in [3.05, 3.63) is 0 Å². The topological polar surface area (TPSA) is 34.1 Å². The van der Waals surface area contributed by atoms with Crippen LogP contribution >= 0.6 is 0 Å². The van der Waals surface area contributed by atoms with Crippen LogP contribution in [-0.4, -0.2) is 22.6 Å². The first-order valence-corrected chi connectivity index (χ1v) is 6.46. The first-order valence-electron chi connectivity index (χ1n) is 2.83. The number of halogens is 3. The minimum absolute atomic E-state index is 0.415. The Hall–Kier alpha value is -0.0431. The van der Waals surface area contributed by atoms with Crippen molar-refractivity contribution in [1.82, 2.24) is 0 Å². The Morgan fingerprint density at radius 3 is 1.73 bits per heavy atom. The van der Waals surface area contributed by atoms with Crippen LogP contribution in [-0.2, 0) is 9.29 Å². The number of hydrogen-bond acceptors (Lipinski definition) is 2. The maximum atomic E-state index is 11.6. The summed E-state index contributed by atoms with van der Waals surface area (Å²) >= 11 is 0. The summed E-state index contributed by atoms with van der Waals surface area (Å²) in [5.41, 5.74) is -5.48. The highest BCUT2D eigenvalue weighted by molar-refractivity contribution is 8.16. The Morgan fingerprint density at radius 1 is 1.27 bits per heavy atom. The molecule has 0 spiro atoms. The summed E-state index contributed by atoms with van der Waals surface area (Å²) in [7, 11) is -6.40. The van der Waals surface area contributed by atoms with E-state index in [0.717, 1.165) is 0 Å². The van der Waals surface area contributed by atoms with Gasteiger partial charge in [0.05, 0.1) is 0 Å². The third kappa shape index (κ3) is 3.24. The van der Waals surface area contributed by atoms with E-state index in [1.807, 2.05) is 0 Å². The Bertz CT molecular complexity index is 218. The molecule has 0 atom stereocenters. The third-order valence-corrected chi connectivity index (χ3v) is 5.83. The fraction of sp³-hybridized carbons (Fsp3) is 1.00. The lowest BCUT2D eigenvalue weighted by Gasteiger charge is -2.08. The van der Waals surface area contributed by atoms with E-state index in [1.165, 1.54) is 13.8 Å². The van der Waals surface area contributed by atoms with Crippen molar-refractivity contribution >= 4 is 18.0 Å². The van der Waals surface area contributed by atoms with Gasteiger partial charge in [-0.15, -0.1) is 0 Å². The second-order valence-corrected chi connectivity index (χ2v) is 8.21. The zero-order valence-corrected chi connectivity index (χ0v) is 7.98. The van der Waals surface area contributed by atoms with Crippen LogP contribution in [0.5, 0.6) is 0 Å². The van der Waals surface area contributed by atoms with E-state index in [9.17, 15) is 21.6 Å². The molecule has 0 aromatic rings. The molecule has 0 heterocycles. The SMILES string of the molecule is CC(C)[SiH]S(=O)(=O)C(F)(F)F. The minimum Gasteiger partial charge on any atom is -0.228 e. The highest BCUT2D eigenvalue weighted by atomic mass is 32.4. The van der Waals surface area contributed by atoms with Gasteiger partial charge in [0.25, 0.3) is 0 Å². The summed E-state index contributed by atoms with van der Waals surface area (Å²) in [5, 5.41) is 0. The highest BCUT2D eigenvalue weighted by Crippen LogP contribution is 2.24. The van der Waals surface area contributed by atoms with E-state index in [4.69, 9.17) is 0 Å². The smallest absolute Gasteiger partial charge is 0.228 e. The van der Waals surface area contributed by atoms with Gasteiger partial charge in [0, 0.05) is 0 Å². The number of alkyl halides is 3. The average molecular weight is 205 g/mol. The molecule has 0 aliphatic carbocycles. The lowest BCUT2D eigenvalue weighted by atomic mass is 10.6. The molecule has 0 rings (SSSR count). The van der Waals surface area contributed by atoms with Crippen LogP contribution in [0.2, 0.25) is 5.54 Å². The second kappa shape index (κ2) is 3.14. The number of rotatable bonds is 2. The lowest BCUT2D eigenvalue weighted by Crippen LogP contribution is -2.29. The second-order valence-electron chi connectivity index (χ2n) is 2.37. The molecule has 0 fully saturated rings. The fourth-order valence-corrected chi connectivity index (χ4v) is 3.92. The van der Waals surface area contributed by atoms with Gasteiger partial charge >= 0.3 is 5.51 Å². The Balaban J connectivity index is 4.51. The molecule has 0 saturated heterocycles. The Kier molecular flexibility index (Phi) is 3.12. The molecule has 0 aliphatic rings. The molecule has 0 unspecified atom stereocenters. The average Bonchev–Trinajstić information content (AvgIpc) is 1.56. The molecule has 11 heavy (non-hydrogen) atoms. The van der Waals surface area contributed by atoms with Crippen LogP contribution in [0.25, 0.3) is 0 Å². The van der Waals surface area contributed by atoms with E-state index in [0.29, 0.717) is 0 Å². The van der Waals surface area contributed by atoms with Crippen LogP contribution in [0.3, 0.4) is 0 Å². The van der Waals surface area contributed by atoms with Crippen molar-refractivity contribution in [2.45, 2.75) is 24.9 Å². The molecule has 0 aliphatic heterocycles. The molecule has 0 aromatic heterocycles. The zero-order valence-electron chi connectivity index (χ0n) is 6.01. The van der Waals surface area contributed by atoms with E-state index >= 15 is 0 Å². The molecule has 2 nitrogen and oxygen atoms in total. The normalized spacial score (nSPS) is 14.0. The quantitative estimate of drug-likeness (QED) is 0.633. The summed E-state index contributed by atoms with van der Waals surface area (Å²) in [6.45, 7) is 2.91. The summed E-state index contributed by atoms with van der Waals surface area (Å²) in [5.74, 6) is 0. The van der Waals surface area contributed by atoms with Gasteiger partial charge in [-0.25, -0.2) is 8.42 Å². The summed E-state index contributed by atoms with van der Waals surface area (Å²) < 4.78 is 55.6.